The van der Waals surface area contributed by atoms with Crippen molar-refractivity contribution in [2.24, 2.45) is 0 Å². The maximum atomic E-state index is 11.8. The summed E-state index contributed by atoms with van der Waals surface area (Å²) >= 11 is 0. The number of piperidine rings is 1. The number of aryl methyl sites for hydroxylation is 1. The van der Waals surface area contributed by atoms with Gasteiger partial charge in [0, 0.05) is 31.1 Å². The highest BCUT2D eigenvalue weighted by molar-refractivity contribution is 5.40. The fourth-order valence-corrected chi connectivity index (χ4v) is 3.08. The molecule has 5 nitrogen and oxygen atoms in total. The maximum Gasteiger partial charge on any atom is 0.252 e. The first-order valence-electron chi connectivity index (χ1n) is 8.26. The van der Waals surface area contributed by atoms with E-state index in [0.717, 1.165) is 44.0 Å². The molecule has 0 spiro atoms. The molecule has 1 aromatic heterocycles. The minimum Gasteiger partial charge on any atom is -0.352 e. The van der Waals surface area contributed by atoms with Gasteiger partial charge in [0.25, 0.3) is 5.56 Å². The van der Waals surface area contributed by atoms with Gasteiger partial charge in [0.1, 0.15) is 11.6 Å². The van der Waals surface area contributed by atoms with E-state index in [-0.39, 0.29) is 5.56 Å². The number of hydrogen-bond acceptors (Lipinski definition) is 4. The second kappa shape index (κ2) is 7.59. The molecule has 0 bridgehead atoms. The van der Waals surface area contributed by atoms with Crippen LogP contribution in [0.2, 0.25) is 0 Å². The summed E-state index contributed by atoms with van der Waals surface area (Å²) in [5.74, 6) is 1.61. The summed E-state index contributed by atoms with van der Waals surface area (Å²) < 4.78 is 0. The summed E-state index contributed by atoms with van der Waals surface area (Å²) in [5.41, 5.74) is -0.0460. The molecular formula is C16H28N4O. The van der Waals surface area contributed by atoms with Crippen LogP contribution in [0, 0.1) is 0 Å². The normalized spacial score (nSPS) is 20.5. The first-order valence-corrected chi connectivity index (χ1v) is 8.26. The summed E-state index contributed by atoms with van der Waals surface area (Å²) in [4.78, 5) is 21.6. The van der Waals surface area contributed by atoms with Crippen LogP contribution in [-0.2, 0) is 6.42 Å². The lowest BCUT2D eigenvalue weighted by atomic mass is 9.96. The minimum atomic E-state index is -0.0460. The Labute approximate surface area is 127 Å². The third-order valence-corrected chi connectivity index (χ3v) is 4.25. The molecule has 0 aliphatic carbocycles. The Kier molecular flexibility index (Phi) is 5.79. The number of nitrogens with zero attached hydrogens (tertiary/aromatic N) is 2. The molecule has 0 radical (unpaired) electrons. The lowest BCUT2D eigenvalue weighted by Crippen LogP contribution is -2.52. The quantitative estimate of drug-likeness (QED) is 0.843. The number of anilines is 1. The van der Waals surface area contributed by atoms with Crippen molar-refractivity contribution in [3.05, 3.63) is 22.2 Å². The molecule has 118 valence electrons. The van der Waals surface area contributed by atoms with E-state index < -0.39 is 0 Å². The zero-order valence-corrected chi connectivity index (χ0v) is 13.5. The molecule has 1 aliphatic heterocycles. The van der Waals surface area contributed by atoms with Crippen LogP contribution in [0.4, 0.5) is 5.82 Å². The molecule has 0 saturated carbocycles. The highest BCUT2D eigenvalue weighted by Gasteiger charge is 2.28. The molecular weight excluding hydrogens is 264 g/mol. The summed E-state index contributed by atoms with van der Waals surface area (Å²) in [7, 11) is 0. The van der Waals surface area contributed by atoms with Crippen molar-refractivity contribution in [3.63, 3.8) is 0 Å². The van der Waals surface area contributed by atoms with E-state index >= 15 is 0 Å². The van der Waals surface area contributed by atoms with Gasteiger partial charge in [0.15, 0.2) is 0 Å². The van der Waals surface area contributed by atoms with E-state index in [4.69, 9.17) is 0 Å². The van der Waals surface area contributed by atoms with E-state index in [1.807, 2.05) is 6.92 Å². The second-order valence-corrected chi connectivity index (χ2v) is 5.90. The topological polar surface area (TPSA) is 61.0 Å². The number of hydrogen-bond donors (Lipinski definition) is 2. The van der Waals surface area contributed by atoms with Gasteiger partial charge >= 0.3 is 0 Å². The van der Waals surface area contributed by atoms with Crippen molar-refractivity contribution in [3.8, 4) is 0 Å². The second-order valence-electron chi connectivity index (χ2n) is 5.90. The van der Waals surface area contributed by atoms with Crippen LogP contribution in [0.25, 0.3) is 0 Å². The Morgan fingerprint density at radius 3 is 3.00 bits per heavy atom. The third-order valence-electron chi connectivity index (χ3n) is 4.25. The molecule has 0 amide bonds. The summed E-state index contributed by atoms with van der Waals surface area (Å²) in [5, 5.41) is 3.59. The molecule has 1 aliphatic rings. The van der Waals surface area contributed by atoms with Gasteiger partial charge < -0.3 is 15.2 Å². The fraction of sp³-hybridized carbons (Fsp3) is 0.750. The average molecular weight is 292 g/mol. The fourth-order valence-electron chi connectivity index (χ4n) is 3.08. The molecule has 2 rings (SSSR count). The highest BCUT2D eigenvalue weighted by Crippen LogP contribution is 2.24. The van der Waals surface area contributed by atoms with Gasteiger partial charge in [0.05, 0.1) is 0 Å². The van der Waals surface area contributed by atoms with E-state index in [2.05, 4.69) is 34.0 Å². The van der Waals surface area contributed by atoms with Gasteiger partial charge in [-0.3, -0.25) is 4.79 Å². The molecule has 2 heterocycles. The molecule has 1 aromatic rings. The lowest BCUT2D eigenvalue weighted by molar-refractivity contribution is 0.366. The van der Waals surface area contributed by atoms with Crippen molar-refractivity contribution in [2.45, 2.75) is 65.0 Å². The summed E-state index contributed by atoms with van der Waals surface area (Å²) in [6.07, 6.45) is 5.48. The van der Waals surface area contributed by atoms with Crippen LogP contribution in [0.5, 0.6) is 0 Å². The van der Waals surface area contributed by atoms with Crippen LogP contribution < -0.4 is 15.8 Å². The lowest BCUT2D eigenvalue weighted by Gasteiger charge is -2.40. The van der Waals surface area contributed by atoms with Crippen molar-refractivity contribution >= 4 is 5.82 Å². The van der Waals surface area contributed by atoms with Gasteiger partial charge in [-0.1, -0.05) is 13.8 Å². The molecule has 0 aromatic carbocycles. The average Bonchev–Trinajstić information content (AvgIpc) is 2.51. The summed E-state index contributed by atoms with van der Waals surface area (Å²) in [6.45, 7) is 8.47. The number of H-pyrrole nitrogens is 1. The van der Waals surface area contributed by atoms with Gasteiger partial charge in [-0.05, 0) is 39.2 Å². The molecule has 2 N–H and O–H groups in total. The van der Waals surface area contributed by atoms with Crippen LogP contribution in [0.3, 0.4) is 0 Å². The SMILES string of the molecule is CCCNC(C)C1CCCCN1c1cc(=O)[nH]c(CC)n1. The predicted octanol–water partition coefficient (Wildman–Crippen LogP) is 2.08. The van der Waals surface area contributed by atoms with Crippen molar-refractivity contribution in [2.75, 3.05) is 18.0 Å². The minimum absolute atomic E-state index is 0.0460. The van der Waals surface area contributed by atoms with Crippen LogP contribution in [-0.4, -0.2) is 35.1 Å². The zero-order valence-electron chi connectivity index (χ0n) is 13.5. The highest BCUT2D eigenvalue weighted by atomic mass is 16.1. The van der Waals surface area contributed by atoms with Gasteiger partial charge in [-0.15, -0.1) is 0 Å². The first kappa shape index (κ1) is 16.0. The van der Waals surface area contributed by atoms with Gasteiger partial charge in [-0.25, -0.2) is 4.98 Å². The molecule has 1 saturated heterocycles. The predicted molar refractivity (Wildman–Crippen MR) is 87.0 cm³/mol. The van der Waals surface area contributed by atoms with Gasteiger partial charge in [-0.2, -0.15) is 0 Å². The van der Waals surface area contributed by atoms with Crippen LogP contribution >= 0.6 is 0 Å². The standard InChI is InChI=1S/C16H28N4O/c1-4-9-17-12(3)13-8-6-7-10-20(13)15-11-16(21)19-14(5-2)18-15/h11-13,17H,4-10H2,1-3H3,(H,18,19,21). The third kappa shape index (κ3) is 4.06. The Balaban J connectivity index is 2.21. The summed E-state index contributed by atoms with van der Waals surface area (Å²) in [6, 6.07) is 2.48. The molecule has 2 unspecified atom stereocenters. The first-order chi connectivity index (χ1) is 10.2. The molecule has 21 heavy (non-hydrogen) atoms. The largest absolute Gasteiger partial charge is 0.352 e. The van der Waals surface area contributed by atoms with Crippen molar-refractivity contribution in [1.82, 2.24) is 15.3 Å². The van der Waals surface area contributed by atoms with Gasteiger partial charge in [0.2, 0.25) is 0 Å². The molecule has 2 atom stereocenters. The number of nitrogens with one attached hydrogen (secondary N) is 2. The maximum absolute atomic E-state index is 11.8. The monoisotopic (exact) mass is 292 g/mol. The Bertz CT molecular complexity index is 499. The molecule has 1 fully saturated rings. The van der Waals surface area contributed by atoms with E-state index in [9.17, 15) is 4.79 Å². The zero-order chi connectivity index (χ0) is 15.2. The van der Waals surface area contributed by atoms with Crippen molar-refractivity contribution < 1.29 is 0 Å². The van der Waals surface area contributed by atoms with Crippen LogP contribution in [0.1, 0.15) is 52.3 Å². The smallest absolute Gasteiger partial charge is 0.252 e. The van der Waals surface area contributed by atoms with E-state index in [1.54, 1.807) is 6.07 Å². The Hall–Kier alpha value is -1.36. The van der Waals surface area contributed by atoms with E-state index in [0.29, 0.717) is 12.1 Å². The Morgan fingerprint density at radius 1 is 1.48 bits per heavy atom. The number of aromatic amines is 1. The molecule has 5 heteroatoms. The van der Waals surface area contributed by atoms with Crippen molar-refractivity contribution in [1.29, 1.82) is 0 Å². The number of rotatable bonds is 6. The van der Waals surface area contributed by atoms with Crippen LogP contribution in [0.15, 0.2) is 10.9 Å². The number of aromatic nitrogens is 2. The Morgan fingerprint density at radius 2 is 2.29 bits per heavy atom. The van der Waals surface area contributed by atoms with E-state index in [1.165, 1.54) is 12.8 Å².